The highest BCUT2D eigenvalue weighted by Gasteiger charge is 2.41. The summed E-state index contributed by atoms with van der Waals surface area (Å²) in [7, 11) is 1.27. The van der Waals surface area contributed by atoms with Crippen LogP contribution in [0.15, 0.2) is 24.3 Å². The summed E-state index contributed by atoms with van der Waals surface area (Å²) in [5, 5.41) is 2.17. The third-order valence-corrected chi connectivity index (χ3v) is 2.86. The summed E-state index contributed by atoms with van der Waals surface area (Å²) in [5.41, 5.74) is -1.22. The Morgan fingerprint density at radius 1 is 1.29 bits per heavy atom. The first-order valence-corrected chi connectivity index (χ1v) is 5.79. The Labute approximate surface area is 117 Å². The van der Waals surface area contributed by atoms with E-state index in [-0.39, 0.29) is 5.69 Å². The van der Waals surface area contributed by atoms with Gasteiger partial charge >= 0.3 is 18.2 Å². The van der Waals surface area contributed by atoms with Crippen molar-refractivity contribution in [2.45, 2.75) is 6.18 Å². The smallest absolute Gasteiger partial charge is 0.341 e. The monoisotopic (exact) mass is 301 g/mol. The molecular weight excluding hydrogens is 291 g/mol. The zero-order chi connectivity index (χ0) is 15.8. The van der Waals surface area contributed by atoms with E-state index in [4.69, 9.17) is 0 Å². The molecule has 0 unspecified atom stereocenters. The Hall–Kier alpha value is -2.58. The molecule has 1 aromatic rings. The van der Waals surface area contributed by atoms with Crippen LogP contribution in [0.1, 0.15) is 5.56 Å². The van der Waals surface area contributed by atoms with Crippen LogP contribution in [0, 0.1) is 0 Å². The van der Waals surface area contributed by atoms with Crippen molar-refractivity contribution in [1.29, 1.82) is 0 Å². The number of carbonyl (C=O) groups excluding carboxylic acids is 3. The van der Waals surface area contributed by atoms with Crippen molar-refractivity contribution in [2.75, 3.05) is 18.5 Å². The molecular formula is C12H10F3N3O3. The predicted molar refractivity (Wildman–Crippen MR) is 65.5 cm³/mol. The maximum Gasteiger partial charge on any atom is 0.416 e. The fraction of sp³-hybridized carbons (Fsp3) is 0.250. The van der Waals surface area contributed by atoms with Crippen molar-refractivity contribution >= 4 is 23.7 Å². The Kier molecular flexibility index (Phi) is 3.58. The molecule has 0 atom stereocenters. The fourth-order valence-electron chi connectivity index (χ4n) is 1.87. The summed E-state index contributed by atoms with van der Waals surface area (Å²) in [4.78, 5) is 36.3. The van der Waals surface area contributed by atoms with Crippen LogP contribution in [0.25, 0.3) is 0 Å². The number of anilines is 1. The van der Waals surface area contributed by atoms with Gasteiger partial charge < -0.3 is 5.32 Å². The molecule has 1 aromatic carbocycles. The van der Waals surface area contributed by atoms with Crippen LogP contribution in [0.4, 0.5) is 28.4 Å². The lowest BCUT2D eigenvalue weighted by Gasteiger charge is -2.16. The summed E-state index contributed by atoms with van der Waals surface area (Å²) in [5.74, 6) is -0.775. The van der Waals surface area contributed by atoms with Gasteiger partial charge in [-0.2, -0.15) is 13.2 Å². The number of urea groups is 2. The third-order valence-electron chi connectivity index (χ3n) is 2.86. The lowest BCUT2D eigenvalue weighted by atomic mass is 10.2. The number of hydrogen-bond donors (Lipinski definition) is 1. The molecule has 2 rings (SSSR count). The number of carbonyl (C=O) groups is 3. The lowest BCUT2D eigenvalue weighted by molar-refractivity contribution is -0.137. The van der Waals surface area contributed by atoms with Gasteiger partial charge in [0.05, 0.1) is 11.3 Å². The maximum atomic E-state index is 12.6. The zero-order valence-electron chi connectivity index (χ0n) is 10.8. The SMILES string of the molecule is CNC(=O)N1CC(=O)N(c2cccc(C(F)(F)F)c2)C1=O. The predicted octanol–water partition coefficient (Wildman–Crippen LogP) is 1.81. The van der Waals surface area contributed by atoms with Crippen molar-refractivity contribution in [3.05, 3.63) is 29.8 Å². The number of imide groups is 2. The second-order valence-corrected chi connectivity index (χ2v) is 4.20. The van der Waals surface area contributed by atoms with Crippen LogP contribution in [0.5, 0.6) is 0 Å². The first-order valence-electron chi connectivity index (χ1n) is 5.79. The number of halogens is 3. The van der Waals surface area contributed by atoms with Crippen LogP contribution in [-0.2, 0) is 11.0 Å². The van der Waals surface area contributed by atoms with Gasteiger partial charge in [-0.1, -0.05) is 6.07 Å². The Bertz CT molecular complexity index is 615. The Morgan fingerprint density at radius 3 is 2.52 bits per heavy atom. The first-order chi connectivity index (χ1) is 9.75. The van der Waals surface area contributed by atoms with E-state index in [9.17, 15) is 27.6 Å². The van der Waals surface area contributed by atoms with Gasteiger partial charge in [0, 0.05) is 7.05 Å². The molecule has 1 saturated heterocycles. The number of nitrogens with one attached hydrogen (secondary N) is 1. The fourth-order valence-corrected chi connectivity index (χ4v) is 1.87. The summed E-state index contributed by atoms with van der Waals surface area (Å²) < 4.78 is 37.9. The molecule has 21 heavy (non-hydrogen) atoms. The molecule has 1 aliphatic rings. The van der Waals surface area contributed by atoms with Gasteiger partial charge in [0.25, 0.3) is 5.91 Å². The highest BCUT2D eigenvalue weighted by Crippen LogP contribution is 2.32. The molecule has 112 valence electrons. The van der Waals surface area contributed by atoms with E-state index in [0.29, 0.717) is 15.9 Å². The van der Waals surface area contributed by atoms with Gasteiger partial charge in [0.2, 0.25) is 0 Å². The molecule has 0 spiro atoms. The van der Waals surface area contributed by atoms with E-state index in [0.717, 1.165) is 12.1 Å². The minimum atomic E-state index is -4.59. The van der Waals surface area contributed by atoms with E-state index in [2.05, 4.69) is 5.32 Å². The molecule has 1 aliphatic heterocycles. The van der Waals surface area contributed by atoms with Crippen LogP contribution < -0.4 is 10.2 Å². The van der Waals surface area contributed by atoms with E-state index in [1.54, 1.807) is 0 Å². The highest BCUT2D eigenvalue weighted by molar-refractivity contribution is 6.23. The summed E-state index contributed by atoms with van der Waals surface area (Å²) in [6, 6.07) is 2.00. The molecule has 0 aromatic heterocycles. The van der Waals surface area contributed by atoms with Crippen molar-refractivity contribution < 1.29 is 27.6 Å². The standard InChI is InChI=1S/C12H10F3N3O3/c1-16-10(20)17-6-9(19)18(11(17)21)8-4-2-3-7(5-8)12(13,14)15/h2-5H,6H2,1H3,(H,16,20). The summed E-state index contributed by atoms with van der Waals surface area (Å²) in [6.07, 6.45) is -4.59. The number of amides is 5. The lowest BCUT2D eigenvalue weighted by Crippen LogP contribution is -2.41. The van der Waals surface area contributed by atoms with Crippen molar-refractivity contribution in [2.24, 2.45) is 0 Å². The van der Waals surface area contributed by atoms with Gasteiger partial charge in [-0.25, -0.2) is 19.4 Å². The van der Waals surface area contributed by atoms with E-state index in [1.165, 1.54) is 13.1 Å². The van der Waals surface area contributed by atoms with Gasteiger partial charge in [-0.15, -0.1) is 0 Å². The molecule has 0 radical (unpaired) electrons. The Morgan fingerprint density at radius 2 is 1.95 bits per heavy atom. The molecule has 5 amide bonds. The minimum Gasteiger partial charge on any atom is -0.341 e. The second-order valence-electron chi connectivity index (χ2n) is 4.20. The number of benzene rings is 1. The van der Waals surface area contributed by atoms with Crippen molar-refractivity contribution in [3.8, 4) is 0 Å². The number of hydrogen-bond acceptors (Lipinski definition) is 3. The minimum absolute atomic E-state index is 0.230. The first kappa shape index (κ1) is 14.8. The molecule has 9 heteroatoms. The molecule has 0 bridgehead atoms. The maximum absolute atomic E-state index is 12.6. The van der Waals surface area contributed by atoms with Gasteiger partial charge in [0.1, 0.15) is 6.54 Å². The topological polar surface area (TPSA) is 69.7 Å². The largest absolute Gasteiger partial charge is 0.416 e. The molecule has 6 nitrogen and oxygen atoms in total. The third kappa shape index (κ3) is 2.67. The van der Waals surface area contributed by atoms with Crippen LogP contribution >= 0.6 is 0 Å². The van der Waals surface area contributed by atoms with Crippen LogP contribution in [0.3, 0.4) is 0 Å². The van der Waals surface area contributed by atoms with Gasteiger partial charge in [-0.05, 0) is 18.2 Å². The van der Waals surface area contributed by atoms with Crippen molar-refractivity contribution in [3.63, 3.8) is 0 Å². The average Bonchev–Trinajstić information content (AvgIpc) is 2.72. The summed E-state index contributed by atoms with van der Waals surface area (Å²) in [6.45, 7) is -0.519. The molecule has 0 saturated carbocycles. The molecule has 1 heterocycles. The normalized spacial score (nSPS) is 15.6. The van der Waals surface area contributed by atoms with Crippen LogP contribution in [-0.4, -0.2) is 36.5 Å². The number of nitrogens with zero attached hydrogens (tertiary/aromatic N) is 2. The molecule has 1 N–H and O–H groups in total. The van der Waals surface area contributed by atoms with E-state index >= 15 is 0 Å². The van der Waals surface area contributed by atoms with Gasteiger partial charge in [-0.3, -0.25) is 4.79 Å². The number of rotatable bonds is 1. The summed E-state index contributed by atoms with van der Waals surface area (Å²) >= 11 is 0. The second kappa shape index (κ2) is 5.08. The number of alkyl halides is 3. The molecule has 0 aliphatic carbocycles. The highest BCUT2D eigenvalue weighted by atomic mass is 19.4. The molecule has 1 fully saturated rings. The van der Waals surface area contributed by atoms with E-state index in [1.807, 2.05) is 0 Å². The Balaban J connectivity index is 2.36. The van der Waals surface area contributed by atoms with E-state index < -0.39 is 36.3 Å². The van der Waals surface area contributed by atoms with Crippen LogP contribution in [0.2, 0.25) is 0 Å². The van der Waals surface area contributed by atoms with Crippen molar-refractivity contribution in [1.82, 2.24) is 10.2 Å². The van der Waals surface area contributed by atoms with Gasteiger partial charge in [0.15, 0.2) is 0 Å². The average molecular weight is 301 g/mol. The quantitative estimate of drug-likeness (QED) is 0.804. The zero-order valence-corrected chi connectivity index (χ0v) is 10.8.